The first-order chi connectivity index (χ1) is 24.1. The van der Waals surface area contributed by atoms with Gasteiger partial charge in [-0.25, -0.2) is 0 Å². The number of aryl methyl sites for hydroxylation is 4. The topological polar surface area (TPSA) is 58.9 Å². The third-order valence-electron chi connectivity index (χ3n) is 10.8. The van der Waals surface area contributed by atoms with Gasteiger partial charge in [0.05, 0.1) is 0 Å². The molecule has 4 aromatic rings. The fourth-order valence-electron chi connectivity index (χ4n) is 7.61. The molecule has 1 unspecified atom stereocenters. The average Bonchev–Trinajstić information content (AvgIpc) is 2.97. The summed E-state index contributed by atoms with van der Waals surface area (Å²) in [5, 5.41) is 21.7. The fraction of sp³-hybridized carbons (Fsp3) is 0.510. The van der Waals surface area contributed by atoms with Crippen LogP contribution in [0.5, 0.6) is 23.0 Å². The van der Waals surface area contributed by atoms with Gasteiger partial charge in [0.1, 0.15) is 11.5 Å². The molecule has 0 amide bonds. The van der Waals surface area contributed by atoms with Crippen molar-refractivity contribution in [1.29, 1.82) is 0 Å². The minimum atomic E-state index is -0.218. The quantitative estimate of drug-likeness (QED) is 0.141. The van der Waals surface area contributed by atoms with Crippen molar-refractivity contribution < 1.29 is 20.0 Å². The van der Waals surface area contributed by atoms with Gasteiger partial charge in [0.25, 0.3) is 0 Å². The maximum Gasteiger partial charge on any atom is 0.182 e. The predicted molar refractivity (Wildman–Crippen MR) is 224 cm³/mol. The molecule has 288 valence electrons. The highest BCUT2D eigenvalue weighted by Crippen LogP contribution is 2.45. The van der Waals surface area contributed by atoms with Crippen molar-refractivity contribution in [3.63, 3.8) is 0 Å². The lowest BCUT2D eigenvalue weighted by Crippen LogP contribution is -2.20. The molecule has 0 saturated heterocycles. The second-order valence-corrected chi connectivity index (χ2v) is 20.1. The molecule has 1 atom stereocenters. The highest BCUT2D eigenvalue weighted by molar-refractivity contribution is 5.54. The molecule has 53 heavy (non-hydrogen) atoms. The Labute approximate surface area is 321 Å². The highest BCUT2D eigenvalue weighted by atomic mass is 17.2. The Morgan fingerprint density at radius 1 is 0.453 bits per heavy atom. The van der Waals surface area contributed by atoms with Crippen molar-refractivity contribution in [2.75, 3.05) is 0 Å². The number of benzene rings is 4. The van der Waals surface area contributed by atoms with E-state index in [0.29, 0.717) is 23.2 Å². The van der Waals surface area contributed by atoms with Crippen LogP contribution in [0.3, 0.4) is 0 Å². The average molecular weight is 721 g/mol. The summed E-state index contributed by atoms with van der Waals surface area (Å²) in [6, 6.07) is 17.1. The van der Waals surface area contributed by atoms with Gasteiger partial charge in [-0.15, -0.1) is 0 Å². The smallest absolute Gasteiger partial charge is 0.182 e. The van der Waals surface area contributed by atoms with E-state index >= 15 is 0 Å². The molecule has 0 fully saturated rings. The van der Waals surface area contributed by atoms with Crippen LogP contribution >= 0.6 is 0 Å². The van der Waals surface area contributed by atoms with E-state index in [9.17, 15) is 10.2 Å². The normalized spacial score (nSPS) is 13.4. The van der Waals surface area contributed by atoms with Gasteiger partial charge in [-0.05, 0) is 142 Å². The van der Waals surface area contributed by atoms with Gasteiger partial charge < -0.3 is 10.2 Å². The fourth-order valence-corrected chi connectivity index (χ4v) is 7.61. The first kappa shape index (κ1) is 41.8. The van der Waals surface area contributed by atoms with Crippen LogP contribution in [-0.4, -0.2) is 10.2 Å². The van der Waals surface area contributed by atoms with Crippen LogP contribution in [0.4, 0.5) is 0 Å². The molecular formula is C49H68O4. The molecule has 2 N–H and O–H groups in total. The zero-order chi connectivity index (χ0) is 40.2. The number of phenolic OH excluding ortho intramolecular Hbond substituents is 2. The number of hydrogen-bond donors (Lipinski definition) is 2. The van der Waals surface area contributed by atoms with Crippen LogP contribution in [0.1, 0.15) is 170 Å². The number of hydrogen-bond acceptors (Lipinski definition) is 4. The lowest BCUT2D eigenvalue weighted by Gasteiger charge is -2.31. The molecule has 0 aliphatic carbocycles. The molecule has 4 aromatic carbocycles. The molecule has 0 aromatic heterocycles. The van der Waals surface area contributed by atoms with Crippen LogP contribution in [0, 0.1) is 33.6 Å². The number of aromatic hydroxyl groups is 2. The van der Waals surface area contributed by atoms with Crippen molar-refractivity contribution >= 4 is 0 Å². The van der Waals surface area contributed by atoms with Gasteiger partial charge in [0.15, 0.2) is 11.5 Å². The van der Waals surface area contributed by atoms with Gasteiger partial charge in [-0.1, -0.05) is 121 Å². The molecule has 0 heterocycles. The van der Waals surface area contributed by atoms with E-state index in [-0.39, 0.29) is 27.6 Å². The molecule has 0 aliphatic rings. The standard InChI is InChI=1S/C49H68O4/c1-28(2)45(35-26-38(47(10,11)12)42(51)20-31(35)5)36-27-40(49(16,17)18)44(22-32(36)6)53-52-43-21-30(4)34(25-39(43)48(13,14)15)23-33-24-37(46(7,8)9)41(50)19-29(33)3/h19-22,24-28,45,50-51H,23H2,1-18H3. The van der Waals surface area contributed by atoms with Crippen molar-refractivity contribution in [1.82, 2.24) is 0 Å². The summed E-state index contributed by atoms with van der Waals surface area (Å²) in [5.41, 5.74) is 12.7. The Balaban J connectivity index is 1.78. The van der Waals surface area contributed by atoms with Crippen LogP contribution in [0.2, 0.25) is 0 Å². The third-order valence-corrected chi connectivity index (χ3v) is 10.8. The Bertz CT molecular complexity index is 1970. The zero-order valence-electron chi connectivity index (χ0n) is 36.2. The van der Waals surface area contributed by atoms with Gasteiger partial charge >= 0.3 is 0 Å². The van der Waals surface area contributed by atoms with Crippen LogP contribution in [0.15, 0.2) is 48.5 Å². The molecular weight excluding hydrogens is 653 g/mol. The van der Waals surface area contributed by atoms with Crippen molar-refractivity contribution in [2.24, 2.45) is 5.92 Å². The van der Waals surface area contributed by atoms with Gasteiger partial charge in [0.2, 0.25) is 0 Å². The van der Waals surface area contributed by atoms with Crippen LogP contribution < -0.4 is 9.78 Å². The summed E-state index contributed by atoms with van der Waals surface area (Å²) in [4.78, 5) is 12.8. The minimum Gasteiger partial charge on any atom is -0.508 e. The number of phenols is 2. The second kappa shape index (κ2) is 14.7. The van der Waals surface area contributed by atoms with E-state index in [1.54, 1.807) is 0 Å². The SMILES string of the molecule is Cc1cc(O)c(C(C)(C)C)cc1Cc1cc(C(C)(C)C)c(OOc2cc(C)c(C(c3cc(C(C)(C)C)c(O)cc3C)C(C)C)cc2C(C)(C)C)cc1C. The van der Waals surface area contributed by atoms with E-state index in [1.165, 1.54) is 22.3 Å². The Kier molecular flexibility index (Phi) is 11.6. The summed E-state index contributed by atoms with van der Waals surface area (Å²) >= 11 is 0. The third kappa shape index (κ3) is 9.25. The van der Waals surface area contributed by atoms with Crippen molar-refractivity contribution in [3.05, 3.63) is 115 Å². The molecule has 4 nitrogen and oxygen atoms in total. The van der Waals surface area contributed by atoms with Crippen molar-refractivity contribution in [3.8, 4) is 23.0 Å². The van der Waals surface area contributed by atoms with E-state index in [2.05, 4.69) is 161 Å². The molecule has 0 radical (unpaired) electrons. The zero-order valence-corrected chi connectivity index (χ0v) is 36.2. The lowest BCUT2D eigenvalue weighted by molar-refractivity contribution is -0.103. The molecule has 0 aliphatic heterocycles. The summed E-state index contributed by atoms with van der Waals surface area (Å²) in [5.74, 6) is 2.60. The maximum absolute atomic E-state index is 10.9. The molecule has 4 heteroatoms. The summed E-state index contributed by atoms with van der Waals surface area (Å²) < 4.78 is 0. The summed E-state index contributed by atoms with van der Waals surface area (Å²) in [7, 11) is 0. The molecule has 0 spiro atoms. The Morgan fingerprint density at radius 2 is 0.774 bits per heavy atom. The van der Waals surface area contributed by atoms with Gasteiger partial charge in [0, 0.05) is 17.0 Å². The molecule has 0 saturated carbocycles. The Morgan fingerprint density at radius 3 is 1.21 bits per heavy atom. The second-order valence-electron chi connectivity index (χ2n) is 20.1. The monoisotopic (exact) mass is 721 g/mol. The Hall–Kier alpha value is -3.92. The number of rotatable bonds is 8. The summed E-state index contributed by atoms with van der Waals surface area (Å²) in [6.07, 6.45) is 0.759. The van der Waals surface area contributed by atoms with Crippen molar-refractivity contribution in [2.45, 2.75) is 159 Å². The maximum atomic E-state index is 10.9. The predicted octanol–water partition coefficient (Wildman–Crippen LogP) is 13.3. The lowest BCUT2D eigenvalue weighted by atomic mass is 9.74. The van der Waals surface area contributed by atoms with Crippen LogP contribution in [0.25, 0.3) is 0 Å². The van der Waals surface area contributed by atoms with E-state index in [1.807, 2.05) is 12.1 Å². The van der Waals surface area contributed by atoms with Crippen LogP contribution in [-0.2, 0) is 28.1 Å². The van der Waals surface area contributed by atoms with E-state index < -0.39 is 0 Å². The molecule has 4 rings (SSSR count). The van der Waals surface area contributed by atoms with Gasteiger partial charge in [-0.2, -0.15) is 0 Å². The minimum absolute atomic E-state index is 0.132. The molecule has 0 bridgehead atoms. The first-order valence-electron chi connectivity index (χ1n) is 19.4. The van der Waals surface area contributed by atoms with E-state index in [0.717, 1.165) is 56.7 Å². The summed E-state index contributed by atoms with van der Waals surface area (Å²) in [6.45, 7) is 39.2. The largest absolute Gasteiger partial charge is 0.508 e. The van der Waals surface area contributed by atoms with E-state index in [4.69, 9.17) is 9.78 Å². The highest BCUT2D eigenvalue weighted by Gasteiger charge is 2.30. The van der Waals surface area contributed by atoms with Gasteiger partial charge in [-0.3, -0.25) is 9.78 Å². The first-order valence-corrected chi connectivity index (χ1v) is 19.4.